The van der Waals surface area contributed by atoms with Crippen LogP contribution in [0.25, 0.3) is 22.2 Å². The maximum absolute atomic E-state index is 13.0. The molecule has 0 fully saturated rings. The maximum Gasteiger partial charge on any atom is 0.416 e. The zero-order chi connectivity index (χ0) is 19.3. The standard InChI is InChI=1S/C19H15F3N4O/c1-11(2)16-17-18(27)25(13-9-7-12(8-10-13)19(20,21)22)24-26(17)15-6-4-3-5-14(15)23-16/h3-11H,1-2H3/p+1. The van der Waals surface area contributed by atoms with Gasteiger partial charge in [-0.3, -0.25) is 0 Å². The number of H-pyrrole nitrogens is 1. The van der Waals surface area contributed by atoms with Gasteiger partial charge in [0.25, 0.3) is 5.52 Å². The number of benzene rings is 2. The Hall–Kier alpha value is -3.16. The van der Waals surface area contributed by atoms with Crippen LogP contribution in [-0.4, -0.2) is 14.9 Å². The van der Waals surface area contributed by atoms with E-state index in [0.29, 0.717) is 22.4 Å². The van der Waals surface area contributed by atoms with Gasteiger partial charge in [-0.2, -0.15) is 13.2 Å². The molecule has 0 saturated carbocycles. The van der Waals surface area contributed by atoms with Gasteiger partial charge in [-0.1, -0.05) is 35.9 Å². The van der Waals surface area contributed by atoms with Crippen molar-refractivity contribution in [1.29, 1.82) is 0 Å². The van der Waals surface area contributed by atoms with Gasteiger partial charge in [0.15, 0.2) is 11.2 Å². The lowest BCUT2D eigenvalue weighted by Gasteiger charge is -2.05. The van der Waals surface area contributed by atoms with Crippen molar-refractivity contribution in [2.45, 2.75) is 25.9 Å². The van der Waals surface area contributed by atoms with Crippen LogP contribution in [0.4, 0.5) is 13.2 Å². The van der Waals surface area contributed by atoms with E-state index in [0.717, 1.165) is 17.6 Å². The summed E-state index contributed by atoms with van der Waals surface area (Å²) < 4.78 is 41.3. The molecule has 4 rings (SSSR count). The summed E-state index contributed by atoms with van der Waals surface area (Å²) in [5.74, 6) is -0.00541. The Morgan fingerprint density at radius 2 is 1.74 bits per heavy atom. The minimum atomic E-state index is -4.43. The first kappa shape index (κ1) is 17.3. The Morgan fingerprint density at radius 3 is 2.37 bits per heavy atom. The number of aromatic nitrogens is 4. The Morgan fingerprint density at radius 1 is 1.07 bits per heavy atom. The van der Waals surface area contributed by atoms with Crippen LogP contribution in [-0.2, 0) is 6.18 Å². The minimum absolute atomic E-state index is 0.00541. The molecule has 2 heterocycles. The number of nitrogens with one attached hydrogen (secondary N) is 1. The lowest BCUT2D eigenvalue weighted by molar-refractivity contribution is -0.556. The van der Waals surface area contributed by atoms with Crippen LogP contribution in [0, 0.1) is 0 Å². The second-order valence-corrected chi connectivity index (χ2v) is 6.61. The van der Waals surface area contributed by atoms with Crippen molar-refractivity contribution in [3.8, 4) is 5.69 Å². The highest BCUT2D eigenvalue weighted by Crippen LogP contribution is 2.29. The van der Waals surface area contributed by atoms with Crippen molar-refractivity contribution in [1.82, 2.24) is 14.9 Å². The number of halogens is 3. The number of rotatable bonds is 2. The van der Waals surface area contributed by atoms with Crippen LogP contribution in [0.2, 0.25) is 0 Å². The molecule has 0 spiro atoms. The summed E-state index contributed by atoms with van der Waals surface area (Å²) in [6, 6.07) is 11.8. The highest BCUT2D eigenvalue weighted by molar-refractivity contribution is 5.73. The fourth-order valence-corrected chi connectivity index (χ4v) is 3.10. The van der Waals surface area contributed by atoms with E-state index in [1.165, 1.54) is 16.8 Å². The van der Waals surface area contributed by atoms with Crippen LogP contribution >= 0.6 is 0 Å². The third-order valence-corrected chi connectivity index (χ3v) is 4.44. The van der Waals surface area contributed by atoms with E-state index in [1.54, 1.807) is 4.52 Å². The number of hydrogen-bond donors (Lipinski definition) is 1. The molecule has 2 aromatic carbocycles. The van der Waals surface area contributed by atoms with Crippen molar-refractivity contribution in [2.75, 3.05) is 0 Å². The smallest absolute Gasteiger partial charge is 0.244 e. The fourth-order valence-electron chi connectivity index (χ4n) is 3.10. The van der Waals surface area contributed by atoms with Crippen molar-refractivity contribution in [3.05, 3.63) is 70.1 Å². The largest absolute Gasteiger partial charge is 0.416 e. The molecule has 5 nitrogen and oxygen atoms in total. The summed E-state index contributed by atoms with van der Waals surface area (Å²) in [6.45, 7) is 3.87. The van der Waals surface area contributed by atoms with Crippen LogP contribution in [0.5, 0.6) is 0 Å². The number of nitrogens with zero attached hydrogens (tertiary/aromatic N) is 3. The van der Waals surface area contributed by atoms with E-state index >= 15 is 0 Å². The van der Waals surface area contributed by atoms with E-state index in [2.05, 4.69) is 10.2 Å². The zero-order valence-corrected chi connectivity index (χ0v) is 14.6. The predicted molar refractivity (Wildman–Crippen MR) is 93.9 cm³/mol. The maximum atomic E-state index is 13.0. The average molecular weight is 373 g/mol. The molecule has 0 radical (unpaired) electrons. The molecule has 138 valence electrons. The van der Waals surface area contributed by atoms with Crippen LogP contribution < -0.4 is 10.1 Å². The summed E-state index contributed by atoms with van der Waals surface area (Å²) in [5, 5.41) is 2.98. The first-order chi connectivity index (χ1) is 12.8. The highest BCUT2D eigenvalue weighted by Gasteiger charge is 2.31. The number of alkyl halides is 3. The summed E-state index contributed by atoms with van der Waals surface area (Å²) in [4.78, 5) is 17.6. The molecule has 8 heteroatoms. The predicted octanol–water partition coefficient (Wildman–Crippen LogP) is 3.59. The summed E-state index contributed by atoms with van der Waals surface area (Å²) in [6.07, 6.45) is -4.43. The number of hydrogen-bond acceptors (Lipinski definition) is 2. The zero-order valence-electron chi connectivity index (χ0n) is 14.6. The molecule has 1 N–H and O–H groups in total. The Balaban J connectivity index is 2.01. The van der Waals surface area contributed by atoms with Gasteiger partial charge in [0.2, 0.25) is 0 Å². The van der Waals surface area contributed by atoms with Gasteiger partial charge >= 0.3 is 11.7 Å². The number of para-hydroxylation sites is 2. The molecular weight excluding hydrogens is 357 g/mol. The molecule has 0 aliphatic carbocycles. The molecule has 0 saturated heterocycles. The molecule has 0 unspecified atom stereocenters. The lowest BCUT2D eigenvalue weighted by Crippen LogP contribution is -2.28. The molecule has 4 aromatic rings. The molecule has 0 amide bonds. The van der Waals surface area contributed by atoms with E-state index in [9.17, 15) is 18.0 Å². The van der Waals surface area contributed by atoms with Gasteiger partial charge < -0.3 is 0 Å². The third kappa shape index (κ3) is 2.77. The third-order valence-electron chi connectivity index (χ3n) is 4.44. The molecule has 0 atom stereocenters. The lowest BCUT2D eigenvalue weighted by atomic mass is 10.1. The van der Waals surface area contributed by atoms with E-state index in [1.807, 2.05) is 38.1 Å². The molecule has 0 aliphatic heterocycles. The molecule has 27 heavy (non-hydrogen) atoms. The van der Waals surface area contributed by atoms with Gasteiger partial charge in [0.1, 0.15) is 11.2 Å². The molecular formula is C19H16F3N4O+. The van der Waals surface area contributed by atoms with Gasteiger partial charge in [0, 0.05) is 5.92 Å². The topological polar surface area (TPSA) is 54.8 Å². The Kier molecular flexibility index (Phi) is 3.80. The average Bonchev–Trinajstić information content (AvgIpc) is 2.98. The summed E-state index contributed by atoms with van der Waals surface area (Å²) in [7, 11) is 0. The second kappa shape index (κ2) is 5.94. The van der Waals surface area contributed by atoms with Gasteiger partial charge in [-0.05, 0) is 36.4 Å². The molecule has 0 bridgehead atoms. The first-order valence-corrected chi connectivity index (χ1v) is 8.40. The van der Waals surface area contributed by atoms with Crippen molar-refractivity contribution < 1.29 is 17.7 Å². The van der Waals surface area contributed by atoms with Crippen LogP contribution in [0.15, 0.2) is 53.3 Å². The van der Waals surface area contributed by atoms with E-state index in [4.69, 9.17) is 0 Å². The minimum Gasteiger partial charge on any atom is -0.244 e. The van der Waals surface area contributed by atoms with Gasteiger partial charge in [-0.25, -0.2) is 9.78 Å². The van der Waals surface area contributed by atoms with Gasteiger partial charge in [-0.15, -0.1) is 4.52 Å². The Bertz CT molecular complexity index is 1200. The van der Waals surface area contributed by atoms with Crippen molar-refractivity contribution in [3.63, 3.8) is 0 Å². The van der Waals surface area contributed by atoms with E-state index < -0.39 is 11.7 Å². The van der Waals surface area contributed by atoms with Crippen LogP contribution in [0.3, 0.4) is 0 Å². The summed E-state index contributed by atoms with van der Waals surface area (Å²) in [5.41, 5.74) is 1.62. The SMILES string of the molecule is CC(C)c1nc2ccccc2[n+]2[nH]n(-c3ccc(C(F)(F)F)cc3)c(=O)c12. The monoisotopic (exact) mass is 373 g/mol. The molecule has 2 aromatic heterocycles. The Labute approximate surface area is 151 Å². The quantitative estimate of drug-likeness (QED) is 0.546. The highest BCUT2D eigenvalue weighted by atomic mass is 19.4. The summed E-state index contributed by atoms with van der Waals surface area (Å²) >= 11 is 0. The second-order valence-electron chi connectivity index (χ2n) is 6.61. The van der Waals surface area contributed by atoms with E-state index in [-0.39, 0.29) is 11.5 Å². The number of aromatic amines is 1. The normalized spacial score (nSPS) is 12.4. The van der Waals surface area contributed by atoms with Crippen LogP contribution in [0.1, 0.15) is 31.0 Å². The first-order valence-electron chi connectivity index (χ1n) is 8.40. The fraction of sp³-hybridized carbons (Fsp3) is 0.211. The number of fused-ring (bicyclic) bond motifs is 3. The van der Waals surface area contributed by atoms with Gasteiger partial charge in [0.05, 0.1) is 5.56 Å². The molecule has 0 aliphatic rings. The van der Waals surface area contributed by atoms with Crippen molar-refractivity contribution in [2.24, 2.45) is 0 Å². The van der Waals surface area contributed by atoms with Crippen molar-refractivity contribution >= 4 is 16.6 Å².